The molecule has 1 saturated heterocycles. The average Bonchev–Trinajstić information content (AvgIpc) is 3.28. The van der Waals surface area contributed by atoms with Crippen LogP contribution in [0.5, 0.6) is 0 Å². The van der Waals surface area contributed by atoms with E-state index in [1.54, 1.807) is 6.92 Å². The van der Waals surface area contributed by atoms with Gasteiger partial charge in [-0.05, 0) is 62.4 Å². The largest absolute Gasteiger partial charge is 0.480 e. The summed E-state index contributed by atoms with van der Waals surface area (Å²) < 4.78 is 38.7. The average molecular weight is 546 g/mol. The van der Waals surface area contributed by atoms with Crippen molar-refractivity contribution in [3.63, 3.8) is 0 Å². The zero-order chi connectivity index (χ0) is 27.6. The molecule has 2 unspecified atom stereocenters. The van der Waals surface area contributed by atoms with Gasteiger partial charge < -0.3 is 15.3 Å². The molecule has 3 aromatic rings. The minimum Gasteiger partial charge on any atom is -0.480 e. The summed E-state index contributed by atoms with van der Waals surface area (Å²) in [5.41, 5.74) is 3.13. The number of likely N-dealkylation sites (tertiary alicyclic amines) is 1. The first-order valence-electron chi connectivity index (χ1n) is 12.5. The molecule has 10 heteroatoms. The number of halogens is 3. The van der Waals surface area contributed by atoms with E-state index in [1.807, 2.05) is 36.9 Å². The number of aryl methyl sites for hydroxylation is 2. The van der Waals surface area contributed by atoms with Crippen LogP contribution in [0.3, 0.4) is 0 Å². The molecule has 1 amide bonds. The summed E-state index contributed by atoms with van der Waals surface area (Å²) in [7, 11) is 0. The molecule has 2 N–H and O–H groups in total. The molecule has 1 aliphatic rings. The number of carbonyl (C=O) groups is 2. The van der Waals surface area contributed by atoms with E-state index in [2.05, 4.69) is 10.3 Å². The summed E-state index contributed by atoms with van der Waals surface area (Å²) in [4.78, 5) is 31.7. The number of amides is 1. The van der Waals surface area contributed by atoms with Crippen molar-refractivity contribution in [2.24, 2.45) is 0 Å². The number of alkyl halides is 3. The number of hydrogen-bond acceptors (Lipinski definition) is 5. The molecule has 0 bridgehead atoms. The Bertz CT molecular complexity index is 1320. The standard InChI is InChI=1S/C28H30F3N3O3S/c1-4-22(27(36)37)33-23-14-19(8-7-16(23)2)20-6-5-13-34(15-20)26(35)24-17(3)32-25(38-24)18-9-11-21(12-10-18)28(29,30)31/h7-12,14,20,22,33H,4-6,13,15H2,1-3H3,(H,36,37). The Morgan fingerprint density at radius 2 is 1.89 bits per heavy atom. The molecule has 6 nitrogen and oxygen atoms in total. The third-order valence-corrected chi connectivity index (χ3v) is 8.12. The van der Waals surface area contributed by atoms with E-state index in [9.17, 15) is 27.9 Å². The minimum absolute atomic E-state index is 0.0985. The van der Waals surface area contributed by atoms with Crippen molar-refractivity contribution in [2.75, 3.05) is 18.4 Å². The molecule has 0 radical (unpaired) electrons. The van der Waals surface area contributed by atoms with Gasteiger partial charge >= 0.3 is 12.1 Å². The molecule has 1 aromatic heterocycles. The number of anilines is 1. The Morgan fingerprint density at radius 3 is 2.53 bits per heavy atom. The van der Waals surface area contributed by atoms with Crippen LogP contribution >= 0.6 is 11.3 Å². The maximum Gasteiger partial charge on any atom is 0.416 e. The summed E-state index contributed by atoms with van der Waals surface area (Å²) >= 11 is 1.19. The first-order chi connectivity index (χ1) is 18.0. The van der Waals surface area contributed by atoms with Gasteiger partial charge in [0.05, 0.1) is 11.3 Å². The second-order valence-corrected chi connectivity index (χ2v) is 10.6. The zero-order valence-corrected chi connectivity index (χ0v) is 22.2. The quantitative estimate of drug-likeness (QED) is 0.344. The molecule has 38 heavy (non-hydrogen) atoms. The van der Waals surface area contributed by atoms with Crippen LogP contribution in [0.15, 0.2) is 42.5 Å². The van der Waals surface area contributed by atoms with Gasteiger partial charge in [-0.15, -0.1) is 11.3 Å². The number of rotatable bonds is 7. The number of thiazole rings is 1. The molecule has 2 heterocycles. The SMILES string of the molecule is CCC(Nc1cc(C2CCCN(C(=O)c3sc(-c4ccc(C(F)(F)F)cc4)nc3C)C2)ccc1C)C(=O)O. The number of nitrogens with one attached hydrogen (secondary N) is 1. The summed E-state index contributed by atoms with van der Waals surface area (Å²) in [6.45, 7) is 6.61. The summed E-state index contributed by atoms with van der Waals surface area (Å²) in [6.07, 6.45) is -2.23. The summed E-state index contributed by atoms with van der Waals surface area (Å²) in [6, 6.07) is 10.1. The number of aromatic nitrogens is 1. The third kappa shape index (κ3) is 6.01. The van der Waals surface area contributed by atoms with Crippen LogP contribution in [0.25, 0.3) is 10.6 Å². The lowest BCUT2D eigenvalue weighted by Crippen LogP contribution is -2.39. The number of piperidine rings is 1. The fourth-order valence-corrected chi connectivity index (χ4v) is 5.71. The van der Waals surface area contributed by atoms with E-state index in [4.69, 9.17) is 0 Å². The van der Waals surface area contributed by atoms with E-state index in [0.717, 1.165) is 41.8 Å². The molecule has 0 aliphatic carbocycles. The monoisotopic (exact) mass is 545 g/mol. The van der Waals surface area contributed by atoms with Crippen molar-refractivity contribution in [2.45, 2.75) is 58.2 Å². The van der Waals surface area contributed by atoms with Gasteiger partial charge in [-0.3, -0.25) is 4.79 Å². The molecule has 1 fully saturated rings. The Morgan fingerprint density at radius 1 is 1.18 bits per heavy atom. The van der Waals surface area contributed by atoms with Crippen LogP contribution in [0, 0.1) is 13.8 Å². The Balaban J connectivity index is 1.51. The summed E-state index contributed by atoms with van der Waals surface area (Å²) in [5.74, 6) is -0.936. The molecule has 0 spiro atoms. The van der Waals surface area contributed by atoms with Crippen molar-refractivity contribution in [1.82, 2.24) is 9.88 Å². The van der Waals surface area contributed by atoms with Gasteiger partial charge in [0.15, 0.2) is 0 Å². The Hall–Kier alpha value is -3.40. The lowest BCUT2D eigenvalue weighted by atomic mass is 9.89. The molecule has 202 valence electrons. The number of aliphatic carboxylic acids is 1. The Labute approximate surface area is 223 Å². The minimum atomic E-state index is -4.41. The summed E-state index contributed by atoms with van der Waals surface area (Å²) in [5, 5.41) is 13.1. The molecular formula is C28H30F3N3O3S. The van der Waals surface area contributed by atoms with Gasteiger partial charge in [0, 0.05) is 30.3 Å². The van der Waals surface area contributed by atoms with Crippen LogP contribution in [0.4, 0.5) is 18.9 Å². The van der Waals surface area contributed by atoms with Crippen molar-refractivity contribution in [3.8, 4) is 10.6 Å². The number of nitrogens with zero attached hydrogens (tertiary/aromatic N) is 2. The van der Waals surface area contributed by atoms with E-state index in [1.165, 1.54) is 23.5 Å². The fourth-order valence-electron chi connectivity index (χ4n) is 4.67. The topological polar surface area (TPSA) is 82.5 Å². The highest BCUT2D eigenvalue weighted by Crippen LogP contribution is 2.35. The maximum absolute atomic E-state index is 13.5. The predicted molar refractivity (Wildman–Crippen MR) is 142 cm³/mol. The van der Waals surface area contributed by atoms with Crippen molar-refractivity contribution < 1.29 is 27.9 Å². The number of carbonyl (C=O) groups excluding carboxylic acids is 1. The predicted octanol–water partition coefficient (Wildman–Crippen LogP) is 6.74. The van der Waals surface area contributed by atoms with Crippen LogP contribution < -0.4 is 5.32 Å². The lowest BCUT2D eigenvalue weighted by Gasteiger charge is -2.33. The van der Waals surface area contributed by atoms with E-state index in [0.29, 0.717) is 40.7 Å². The van der Waals surface area contributed by atoms with Gasteiger partial charge in [0.25, 0.3) is 5.91 Å². The van der Waals surface area contributed by atoms with E-state index >= 15 is 0 Å². The third-order valence-electron chi connectivity index (χ3n) is 6.93. The number of hydrogen-bond donors (Lipinski definition) is 2. The maximum atomic E-state index is 13.5. The van der Waals surface area contributed by atoms with Gasteiger partial charge in [-0.2, -0.15) is 13.2 Å². The molecule has 4 rings (SSSR count). The fraction of sp³-hybridized carbons (Fsp3) is 0.393. The molecular weight excluding hydrogens is 515 g/mol. The molecule has 1 aliphatic heterocycles. The van der Waals surface area contributed by atoms with Gasteiger partial charge in [0.2, 0.25) is 0 Å². The Kier molecular flexibility index (Phi) is 8.10. The molecule has 2 atom stereocenters. The van der Waals surface area contributed by atoms with Gasteiger partial charge in [-0.25, -0.2) is 9.78 Å². The van der Waals surface area contributed by atoms with Crippen LogP contribution in [-0.4, -0.2) is 46.0 Å². The first kappa shape index (κ1) is 27.6. The van der Waals surface area contributed by atoms with Crippen molar-refractivity contribution in [3.05, 3.63) is 69.7 Å². The van der Waals surface area contributed by atoms with Crippen LogP contribution in [0.1, 0.15) is 64.2 Å². The first-order valence-corrected chi connectivity index (χ1v) is 13.3. The highest BCUT2D eigenvalue weighted by molar-refractivity contribution is 7.17. The number of benzene rings is 2. The second-order valence-electron chi connectivity index (χ2n) is 9.62. The van der Waals surface area contributed by atoms with Crippen LogP contribution in [-0.2, 0) is 11.0 Å². The molecule has 2 aromatic carbocycles. The van der Waals surface area contributed by atoms with E-state index in [-0.39, 0.29) is 11.8 Å². The number of carboxylic acids is 1. The number of carboxylic acid groups (broad SMARTS) is 1. The molecule has 0 saturated carbocycles. The lowest BCUT2D eigenvalue weighted by molar-refractivity contribution is -0.138. The van der Waals surface area contributed by atoms with Gasteiger partial charge in [0.1, 0.15) is 15.9 Å². The second kappa shape index (κ2) is 11.1. The zero-order valence-electron chi connectivity index (χ0n) is 21.4. The van der Waals surface area contributed by atoms with Crippen LogP contribution in [0.2, 0.25) is 0 Å². The normalized spacial score (nSPS) is 16.8. The highest BCUT2D eigenvalue weighted by Gasteiger charge is 2.31. The highest BCUT2D eigenvalue weighted by atomic mass is 32.1. The van der Waals surface area contributed by atoms with E-state index < -0.39 is 23.8 Å². The van der Waals surface area contributed by atoms with Crippen molar-refractivity contribution in [1.29, 1.82) is 0 Å². The van der Waals surface area contributed by atoms with Gasteiger partial charge in [-0.1, -0.05) is 31.2 Å². The van der Waals surface area contributed by atoms with Crippen molar-refractivity contribution >= 4 is 28.9 Å². The smallest absolute Gasteiger partial charge is 0.416 e.